The Labute approximate surface area is 160 Å². The summed E-state index contributed by atoms with van der Waals surface area (Å²) in [6, 6.07) is 0. The summed E-state index contributed by atoms with van der Waals surface area (Å²) in [5, 5.41) is 0. The van der Waals surface area contributed by atoms with Gasteiger partial charge in [-0.05, 0) is 50.4 Å². The molecule has 152 valence electrons. The van der Waals surface area contributed by atoms with Crippen molar-refractivity contribution in [1.82, 2.24) is 0 Å². The second kappa shape index (κ2) is 10.3. The zero-order valence-corrected chi connectivity index (χ0v) is 19.5. The van der Waals surface area contributed by atoms with Crippen LogP contribution in [0.2, 0.25) is 0 Å². The summed E-state index contributed by atoms with van der Waals surface area (Å²) in [6.07, 6.45) is 12.1. The SMILES string of the molecule is CCCCC(C)(CC(C)(C)CC)OC(C)(CCCC)CC(C)(C)CC. The lowest BCUT2D eigenvalue weighted by Gasteiger charge is -2.47. The van der Waals surface area contributed by atoms with Crippen LogP contribution in [0.3, 0.4) is 0 Å². The third-order valence-corrected chi connectivity index (χ3v) is 6.23. The highest BCUT2D eigenvalue weighted by molar-refractivity contribution is 4.90. The summed E-state index contributed by atoms with van der Waals surface area (Å²) in [6.45, 7) is 23.6. The Morgan fingerprint density at radius 3 is 1.12 bits per heavy atom. The molecule has 0 fully saturated rings. The Kier molecular flexibility index (Phi) is 10.3. The van der Waals surface area contributed by atoms with Crippen LogP contribution >= 0.6 is 0 Å². The van der Waals surface area contributed by atoms with E-state index in [1.165, 1.54) is 51.4 Å². The Balaban J connectivity index is 5.48. The van der Waals surface area contributed by atoms with E-state index < -0.39 is 0 Å². The molecule has 0 spiro atoms. The monoisotopic (exact) mass is 354 g/mol. The first-order valence-electron chi connectivity index (χ1n) is 11.1. The molecule has 0 aromatic carbocycles. The van der Waals surface area contributed by atoms with E-state index >= 15 is 0 Å². The molecule has 0 aromatic rings. The van der Waals surface area contributed by atoms with Crippen molar-refractivity contribution in [2.75, 3.05) is 0 Å². The van der Waals surface area contributed by atoms with Gasteiger partial charge in [0, 0.05) is 0 Å². The van der Waals surface area contributed by atoms with Gasteiger partial charge in [0.15, 0.2) is 0 Å². The molecule has 0 aliphatic carbocycles. The van der Waals surface area contributed by atoms with Crippen molar-refractivity contribution in [3.8, 4) is 0 Å². The summed E-state index contributed by atoms with van der Waals surface area (Å²) >= 11 is 0. The molecule has 2 atom stereocenters. The van der Waals surface area contributed by atoms with Gasteiger partial charge in [0.05, 0.1) is 11.2 Å². The summed E-state index contributed by atoms with van der Waals surface area (Å²) in [4.78, 5) is 0. The van der Waals surface area contributed by atoms with Crippen LogP contribution in [0.25, 0.3) is 0 Å². The molecule has 0 aliphatic heterocycles. The molecule has 0 rings (SSSR count). The standard InChI is InChI=1S/C24H50O/c1-11-15-17-23(9,19-21(5,6)13-3)25-24(10,18-16-12-2)20-22(7,8)14-4/h11-20H2,1-10H3. The van der Waals surface area contributed by atoms with Crippen LogP contribution in [0.15, 0.2) is 0 Å². The second-order valence-corrected chi connectivity index (χ2v) is 10.6. The molecule has 0 amide bonds. The van der Waals surface area contributed by atoms with E-state index in [1.54, 1.807) is 0 Å². The van der Waals surface area contributed by atoms with E-state index in [0.717, 1.165) is 12.8 Å². The Hall–Kier alpha value is -0.0400. The summed E-state index contributed by atoms with van der Waals surface area (Å²) in [5.74, 6) is 0. The van der Waals surface area contributed by atoms with Gasteiger partial charge >= 0.3 is 0 Å². The third-order valence-electron chi connectivity index (χ3n) is 6.23. The van der Waals surface area contributed by atoms with Crippen molar-refractivity contribution in [2.24, 2.45) is 10.8 Å². The topological polar surface area (TPSA) is 9.23 Å². The molecule has 25 heavy (non-hydrogen) atoms. The highest BCUT2D eigenvalue weighted by atomic mass is 16.5. The van der Waals surface area contributed by atoms with Crippen molar-refractivity contribution >= 4 is 0 Å². The molecule has 0 bridgehead atoms. The fourth-order valence-electron chi connectivity index (χ4n) is 4.32. The van der Waals surface area contributed by atoms with E-state index in [1.807, 2.05) is 0 Å². The van der Waals surface area contributed by atoms with Gasteiger partial charge in [-0.25, -0.2) is 0 Å². The smallest absolute Gasteiger partial charge is 0.0667 e. The quantitative estimate of drug-likeness (QED) is 0.303. The third kappa shape index (κ3) is 10.0. The fourth-order valence-corrected chi connectivity index (χ4v) is 4.32. The molecular formula is C24H50O. The largest absolute Gasteiger partial charge is 0.369 e. The van der Waals surface area contributed by atoms with Crippen LogP contribution in [0.4, 0.5) is 0 Å². The molecule has 2 unspecified atom stereocenters. The van der Waals surface area contributed by atoms with Crippen LogP contribution in [0.5, 0.6) is 0 Å². The predicted octanol–water partition coefficient (Wildman–Crippen LogP) is 8.55. The first kappa shape index (κ1) is 25.0. The second-order valence-electron chi connectivity index (χ2n) is 10.6. The highest BCUT2D eigenvalue weighted by Crippen LogP contribution is 2.43. The summed E-state index contributed by atoms with van der Waals surface area (Å²) < 4.78 is 7.11. The van der Waals surface area contributed by atoms with Gasteiger partial charge in [-0.3, -0.25) is 0 Å². The highest BCUT2D eigenvalue weighted by Gasteiger charge is 2.40. The summed E-state index contributed by atoms with van der Waals surface area (Å²) in [5.41, 5.74) is 0.659. The molecule has 0 N–H and O–H groups in total. The van der Waals surface area contributed by atoms with Crippen molar-refractivity contribution < 1.29 is 4.74 Å². The minimum Gasteiger partial charge on any atom is -0.369 e. The Morgan fingerprint density at radius 2 is 0.880 bits per heavy atom. The molecule has 1 heteroatoms. The number of hydrogen-bond donors (Lipinski definition) is 0. The molecular weight excluding hydrogens is 304 g/mol. The minimum atomic E-state index is -0.0121. The number of hydrogen-bond acceptors (Lipinski definition) is 1. The predicted molar refractivity (Wildman–Crippen MR) is 114 cm³/mol. The molecule has 0 aliphatic rings. The number of ether oxygens (including phenoxy) is 1. The van der Waals surface area contributed by atoms with Gasteiger partial charge < -0.3 is 4.74 Å². The lowest BCUT2D eigenvalue weighted by atomic mass is 9.74. The summed E-state index contributed by atoms with van der Waals surface area (Å²) in [7, 11) is 0. The van der Waals surface area contributed by atoms with Gasteiger partial charge in [-0.15, -0.1) is 0 Å². The maximum absolute atomic E-state index is 7.11. The van der Waals surface area contributed by atoms with Crippen molar-refractivity contribution in [3.63, 3.8) is 0 Å². The van der Waals surface area contributed by atoms with E-state index in [-0.39, 0.29) is 11.2 Å². The van der Waals surface area contributed by atoms with Crippen molar-refractivity contribution in [1.29, 1.82) is 0 Å². The number of rotatable bonds is 14. The van der Waals surface area contributed by atoms with Crippen LogP contribution in [0, 0.1) is 10.8 Å². The van der Waals surface area contributed by atoms with Crippen LogP contribution in [-0.2, 0) is 4.74 Å². The molecule has 0 saturated heterocycles. The minimum absolute atomic E-state index is 0.0121. The first-order chi connectivity index (χ1) is 11.4. The molecule has 1 nitrogen and oxygen atoms in total. The van der Waals surface area contributed by atoms with Gasteiger partial charge in [-0.1, -0.05) is 93.9 Å². The van der Waals surface area contributed by atoms with E-state index in [2.05, 4.69) is 69.2 Å². The van der Waals surface area contributed by atoms with Crippen molar-refractivity contribution in [2.45, 2.75) is 145 Å². The zero-order chi connectivity index (χ0) is 19.8. The van der Waals surface area contributed by atoms with Gasteiger partial charge in [0.2, 0.25) is 0 Å². The van der Waals surface area contributed by atoms with Crippen LogP contribution < -0.4 is 0 Å². The molecule has 0 heterocycles. The lowest BCUT2D eigenvalue weighted by Crippen LogP contribution is -2.45. The maximum atomic E-state index is 7.11. The van der Waals surface area contributed by atoms with E-state index in [0.29, 0.717) is 10.8 Å². The van der Waals surface area contributed by atoms with Crippen LogP contribution in [-0.4, -0.2) is 11.2 Å². The first-order valence-corrected chi connectivity index (χ1v) is 11.1. The maximum Gasteiger partial charge on any atom is 0.0667 e. The molecule has 0 saturated carbocycles. The lowest BCUT2D eigenvalue weighted by molar-refractivity contribution is -0.176. The number of unbranched alkanes of at least 4 members (excludes halogenated alkanes) is 2. The Morgan fingerprint density at radius 1 is 0.560 bits per heavy atom. The van der Waals surface area contributed by atoms with Crippen LogP contribution in [0.1, 0.15) is 133 Å². The van der Waals surface area contributed by atoms with Gasteiger partial charge in [0.1, 0.15) is 0 Å². The average Bonchev–Trinajstić information content (AvgIpc) is 2.50. The molecule has 0 aromatic heterocycles. The van der Waals surface area contributed by atoms with E-state index in [9.17, 15) is 0 Å². The van der Waals surface area contributed by atoms with Crippen molar-refractivity contribution in [3.05, 3.63) is 0 Å². The van der Waals surface area contributed by atoms with Gasteiger partial charge in [-0.2, -0.15) is 0 Å². The average molecular weight is 355 g/mol. The zero-order valence-electron chi connectivity index (χ0n) is 19.5. The fraction of sp³-hybridized carbons (Fsp3) is 1.00. The van der Waals surface area contributed by atoms with Gasteiger partial charge in [0.25, 0.3) is 0 Å². The normalized spacial score (nSPS) is 18.0. The Bertz CT molecular complexity index is 323. The molecule has 0 radical (unpaired) electrons. The van der Waals surface area contributed by atoms with E-state index in [4.69, 9.17) is 4.74 Å².